The predicted octanol–water partition coefficient (Wildman–Crippen LogP) is 2.03. The van der Waals surface area contributed by atoms with E-state index < -0.39 is 10.2 Å². The van der Waals surface area contributed by atoms with Gasteiger partial charge in [-0.2, -0.15) is 17.0 Å². The van der Waals surface area contributed by atoms with Gasteiger partial charge in [0.05, 0.1) is 12.2 Å². The van der Waals surface area contributed by atoms with Gasteiger partial charge in [-0.3, -0.25) is 0 Å². The SMILES string of the molecule is CC1CN(S(=O)(=O)N(C)C(C)c2ccccc2)CC(C)O1. The van der Waals surface area contributed by atoms with Gasteiger partial charge in [0.15, 0.2) is 0 Å². The molecule has 3 unspecified atom stereocenters. The molecule has 1 saturated heterocycles. The average molecular weight is 312 g/mol. The van der Waals surface area contributed by atoms with Crippen LogP contribution < -0.4 is 0 Å². The highest BCUT2D eigenvalue weighted by Crippen LogP contribution is 2.25. The first-order chi connectivity index (χ1) is 9.82. The Kier molecular flexibility index (Phi) is 5.03. The summed E-state index contributed by atoms with van der Waals surface area (Å²) >= 11 is 0. The first-order valence-electron chi connectivity index (χ1n) is 7.26. The predicted molar refractivity (Wildman–Crippen MR) is 83.1 cm³/mol. The molecule has 0 radical (unpaired) electrons. The van der Waals surface area contributed by atoms with Gasteiger partial charge in [0, 0.05) is 26.2 Å². The molecule has 0 bridgehead atoms. The Morgan fingerprint density at radius 3 is 2.24 bits per heavy atom. The lowest BCUT2D eigenvalue weighted by molar-refractivity contribution is -0.0455. The fourth-order valence-corrected chi connectivity index (χ4v) is 4.32. The van der Waals surface area contributed by atoms with Crippen LogP contribution in [-0.4, -0.2) is 49.4 Å². The van der Waals surface area contributed by atoms with E-state index in [9.17, 15) is 8.42 Å². The van der Waals surface area contributed by atoms with Crippen LogP contribution >= 0.6 is 0 Å². The Balaban J connectivity index is 2.18. The molecule has 2 rings (SSSR count). The zero-order valence-electron chi connectivity index (χ0n) is 13.1. The van der Waals surface area contributed by atoms with Gasteiger partial charge in [-0.15, -0.1) is 0 Å². The third-order valence-corrected chi connectivity index (χ3v) is 5.90. The van der Waals surface area contributed by atoms with Crippen molar-refractivity contribution in [2.75, 3.05) is 20.1 Å². The average Bonchev–Trinajstić information content (AvgIpc) is 2.45. The van der Waals surface area contributed by atoms with Crippen LogP contribution in [0.1, 0.15) is 32.4 Å². The highest BCUT2D eigenvalue weighted by atomic mass is 32.2. The second-order valence-electron chi connectivity index (χ2n) is 5.68. The second kappa shape index (κ2) is 6.44. The van der Waals surface area contributed by atoms with Gasteiger partial charge in [0.2, 0.25) is 0 Å². The molecule has 0 aliphatic carbocycles. The van der Waals surface area contributed by atoms with E-state index in [1.165, 1.54) is 8.61 Å². The smallest absolute Gasteiger partial charge is 0.282 e. The second-order valence-corrected chi connectivity index (χ2v) is 7.67. The molecule has 6 heteroatoms. The molecule has 5 nitrogen and oxygen atoms in total. The van der Waals surface area contributed by atoms with Crippen LogP contribution in [-0.2, 0) is 14.9 Å². The summed E-state index contributed by atoms with van der Waals surface area (Å²) in [6, 6.07) is 9.46. The molecule has 1 aromatic rings. The normalized spacial score (nSPS) is 26.0. The lowest BCUT2D eigenvalue weighted by Crippen LogP contribution is -2.52. The number of hydrogen-bond acceptors (Lipinski definition) is 3. The number of morpholine rings is 1. The summed E-state index contributed by atoms with van der Waals surface area (Å²) in [5.41, 5.74) is 0.984. The van der Waals surface area contributed by atoms with E-state index in [-0.39, 0.29) is 18.2 Å². The molecule has 1 aliphatic heterocycles. The van der Waals surface area contributed by atoms with Crippen molar-refractivity contribution in [3.63, 3.8) is 0 Å². The molecule has 118 valence electrons. The summed E-state index contributed by atoms with van der Waals surface area (Å²) in [7, 11) is -1.85. The van der Waals surface area contributed by atoms with Crippen LogP contribution in [0.2, 0.25) is 0 Å². The topological polar surface area (TPSA) is 49.9 Å². The highest BCUT2D eigenvalue weighted by molar-refractivity contribution is 7.86. The van der Waals surface area contributed by atoms with Gasteiger partial charge >= 0.3 is 0 Å². The minimum absolute atomic E-state index is 0.0797. The zero-order valence-corrected chi connectivity index (χ0v) is 13.9. The molecule has 21 heavy (non-hydrogen) atoms. The molecular formula is C15H24N2O3S. The minimum atomic E-state index is -3.49. The summed E-state index contributed by atoms with van der Waals surface area (Å²) in [6.45, 7) is 6.51. The molecule has 1 heterocycles. The zero-order chi connectivity index (χ0) is 15.6. The van der Waals surface area contributed by atoms with Crippen molar-refractivity contribution < 1.29 is 13.2 Å². The molecular weight excluding hydrogens is 288 g/mol. The van der Waals surface area contributed by atoms with E-state index in [4.69, 9.17) is 4.74 Å². The van der Waals surface area contributed by atoms with Crippen LogP contribution in [0.4, 0.5) is 0 Å². The monoisotopic (exact) mass is 312 g/mol. The van der Waals surface area contributed by atoms with Crippen molar-refractivity contribution in [2.45, 2.75) is 39.0 Å². The molecule has 0 aromatic heterocycles. The van der Waals surface area contributed by atoms with Crippen molar-refractivity contribution >= 4 is 10.2 Å². The molecule has 1 fully saturated rings. The Labute approximate surface area is 127 Å². The fraction of sp³-hybridized carbons (Fsp3) is 0.600. The summed E-state index contributed by atoms with van der Waals surface area (Å²) in [5, 5.41) is 0. The maximum atomic E-state index is 12.8. The maximum Gasteiger partial charge on any atom is 0.282 e. The Hall–Kier alpha value is -0.950. The molecule has 0 amide bonds. The summed E-state index contributed by atoms with van der Waals surface area (Å²) in [4.78, 5) is 0. The molecule has 1 aliphatic rings. The fourth-order valence-electron chi connectivity index (χ4n) is 2.64. The van der Waals surface area contributed by atoms with Crippen molar-refractivity contribution in [3.05, 3.63) is 35.9 Å². The van der Waals surface area contributed by atoms with Gasteiger partial charge in [0.1, 0.15) is 0 Å². The van der Waals surface area contributed by atoms with E-state index >= 15 is 0 Å². The minimum Gasteiger partial charge on any atom is -0.373 e. The first-order valence-corrected chi connectivity index (χ1v) is 8.65. The first kappa shape index (κ1) is 16.4. The number of hydrogen-bond donors (Lipinski definition) is 0. The molecule has 3 atom stereocenters. The highest BCUT2D eigenvalue weighted by Gasteiger charge is 2.35. The van der Waals surface area contributed by atoms with E-state index in [1.54, 1.807) is 7.05 Å². The maximum absolute atomic E-state index is 12.8. The van der Waals surface area contributed by atoms with Gasteiger partial charge in [-0.1, -0.05) is 30.3 Å². The van der Waals surface area contributed by atoms with Crippen molar-refractivity contribution in [2.24, 2.45) is 0 Å². The van der Waals surface area contributed by atoms with Gasteiger partial charge < -0.3 is 4.74 Å². The molecule has 1 aromatic carbocycles. The summed E-state index contributed by atoms with van der Waals surface area (Å²) < 4.78 is 34.1. The lowest BCUT2D eigenvalue weighted by Gasteiger charge is -2.37. The third-order valence-electron chi connectivity index (χ3n) is 3.90. The number of benzene rings is 1. The van der Waals surface area contributed by atoms with Crippen molar-refractivity contribution in [3.8, 4) is 0 Å². The van der Waals surface area contributed by atoms with Crippen molar-refractivity contribution in [1.29, 1.82) is 0 Å². The summed E-state index contributed by atoms with van der Waals surface area (Å²) in [6.07, 6.45) is -0.159. The van der Waals surface area contributed by atoms with Crippen molar-refractivity contribution in [1.82, 2.24) is 8.61 Å². The quantitative estimate of drug-likeness (QED) is 0.855. The third kappa shape index (κ3) is 3.63. The van der Waals surface area contributed by atoms with Crippen LogP contribution in [0.25, 0.3) is 0 Å². The molecule has 0 spiro atoms. The van der Waals surface area contributed by atoms with E-state index in [0.717, 1.165) is 5.56 Å². The summed E-state index contributed by atoms with van der Waals surface area (Å²) in [5.74, 6) is 0. The lowest BCUT2D eigenvalue weighted by atomic mass is 10.1. The Morgan fingerprint density at radius 2 is 1.71 bits per heavy atom. The Bertz CT molecular complexity index is 552. The molecule has 0 N–H and O–H groups in total. The Morgan fingerprint density at radius 1 is 1.19 bits per heavy atom. The van der Waals surface area contributed by atoms with E-state index in [2.05, 4.69) is 0 Å². The number of rotatable bonds is 4. The van der Waals surface area contributed by atoms with E-state index in [1.807, 2.05) is 51.1 Å². The van der Waals surface area contributed by atoms with Gasteiger partial charge in [-0.05, 0) is 26.3 Å². The van der Waals surface area contributed by atoms with Crippen LogP contribution in [0.3, 0.4) is 0 Å². The van der Waals surface area contributed by atoms with Gasteiger partial charge in [0.25, 0.3) is 10.2 Å². The van der Waals surface area contributed by atoms with E-state index in [0.29, 0.717) is 13.1 Å². The van der Waals surface area contributed by atoms with Gasteiger partial charge in [-0.25, -0.2) is 0 Å². The molecule has 0 saturated carbocycles. The van der Waals surface area contributed by atoms with Crippen LogP contribution in [0.5, 0.6) is 0 Å². The van der Waals surface area contributed by atoms with Crippen LogP contribution in [0.15, 0.2) is 30.3 Å². The largest absolute Gasteiger partial charge is 0.373 e. The standard InChI is InChI=1S/C15H24N2O3S/c1-12-10-17(11-13(2)20-12)21(18,19)16(4)14(3)15-8-6-5-7-9-15/h5-9,12-14H,10-11H2,1-4H3. The number of ether oxygens (including phenoxy) is 1. The van der Waals surface area contributed by atoms with Crippen LogP contribution in [0, 0.1) is 0 Å². The number of nitrogens with zero attached hydrogens (tertiary/aromatic N) is 2.